The van der Waals surface area contributed by atoms with E-state index in [0.717, 1.165) is 17.8 Å². The van der Waals surface area contributed by atoms with Crippen LogP contribution in [0, 0.1) is 11.8 Å². The minimum absolute atomic E-state index is 0.0260. The van der Waals surface area contributed by atoms with Crippen molar-refractivity contribution in [2.75, 3.05) is 26.2 Å². The van der Waals surface area contributed by atoms with Crippen molar-refractivity contribution in [3.05, 3.63) is 144 Å². The number of carbonyl (C=O) groups excluding carboxylic acids is 12. The molecular formula is C81H113N19O14. The maximum atomic E-state index is 15.5. The van der Waals surface area contributed by atoms with E-state index in [1.165, 1.54) is 9.80 Å². The summed E-state index contributed by atoms with van der Waals surface area (Å²) < 4.78 is 0. The van der Waals surface area contributed by atoms with Crippen LogP contribution in [0.2, 0.25) is 0 Å². The number of rotatable bonds is 42. The molecule has 0 spiro atoms. The summed E-state index contributed by atoms with van der Waals surface area (Å²) in [6.07, 6.45) is 5.43. The number of carboxylic acids is 1. The Bertz CT molecular complexity index is 4290. The van der Waals surface area contributed by atoms with Gasteiger partial charge in [-0.3, -0.25) is 67.3 Å². The number of unbranched alkanes of at least 4 members (excludes halogenated alkanes) is 1. The number of benzene rings is 4. The van der Waals surface area contributed by atoms with Crippen LogP contribution in [-0.2, 0) is 88.0 Å². The number of para-hydroxylation sites is 2. The SMILES string of the molecule is CC(=O)O.CC(C)C[C@H](NC(=O)[C@H](CC(C)C)NC(=O)[C@@H](Cc1c[nH]c2ccccc12)NC(=O)[C@H](Cc1ccccc1)NC(=O)[C@@H](Cc1c[nH]c2ccccc12)NC(=O)[C@H](CCC(N)=O)NC(=O)[C@@H](Cc1ccccc1)NC(=O)[C@@H]1CCCN1C(=O)[C@H](CCCCN)NC(=O)[C@@H]1CCCN1C(=O)[C@H](N)CCCN=C(N)N)C(N)=O. The van der Waals surface area contributed by atoms with Crippen molar-refractivity contribution < 1.29 is 67.4 Å². The summed E-state index contributed by atoms with van der Waals surface area (Å²) in [5.74, 6) is -9.94. The maximum absolute atomic E-state index is 15.5. The highest BCUT2D eigenvalue weighted by Crippen LogP contribution is 2.26. The van der Waals surface area contributed by atoms with Gasteiger partial charge in [-0.25, -0.2) is 0 Å². The lowest BCUT2D eigenvalue weighted by atomic mass is 9.98. The number of fused-ring (bicyclic) bond motifs is 2. The molecule has 0 radical (unpaired) electrons. The van der Waals surface area contributed by atoms with Crippen molar-refractivity contribution in [3.8, 4) is 0 Å². The van der Waals surface area contributed by atoms with Crippen molar-refractivity contribution in [2.45, 2.75) is 210 Å². The first kappa shape index (κ1) is 89.5. The summed E-state index contributed by atoms with van der Waals surface area (Å²) in [6.45, 7) is 9.48. The van der Waals surface area contributed by atoms with Gasteiger partial charge in [0.1, 0.15) is 60.4 Å². The molecule has 23 N–H and O–H groups in total. The van der Waals surface area contributed by atoms with E-state index in [1.807, 2.05) is 70.2 Å². The molecule has 2 saturated heterocycles. The Morgan fingerprint density at radius 1 is 0.474 bits per heavy atom. The number of guanidine groups is 1. The Labute approximate surface area is 662 Å². The van der Waals surface area contributed by atoms with Gasteiger partial charge in [0.05, 0.1) is 6.04 Å². The highest BCUT2D eigenvalue weighted by Gasteiger charge is 2.43. The molecule has 0 bridgehead atoms. The fourth-order valence-electron chi connectivity index (χ4n) is 14.1. The van der Waals surface area contributed by atoms with Crippen molar-refractivity contribution in [2.24, 2.45) is 51.2 Å². The lowest BCUT2D eigenvalue weighted by molar-refractivity contribution is -0.144. The minimum Gasteiger partial charge on any atom is -0.481 e. The van der Waals surface area contributed by atoms with Crippen molar-refractivity contribution in [3.63, 3.8) is 0 Å². The van der Waals surface area contributed by atoms with Crippen molar-refractivity contribution in [1.82, 2.24) is 62.3 Å². The van der Waals surface area contributed by atoms with Gasteiger partial charge in [0.15, 0.2) is 5.96 Å². The van der Waals surface area contributed by atoms with Gasteiger partial charge in [0, 0.05) is 92.9 Å². The van der Waals surface area contributed by atoms with Crippen LogP contribution in [0.4, 0.5) is 0 Å². The van der Waals surface area contributed by atoms with E-state index >= 15 is 19.2 Å². The first-order valence-corrected chi connectivity index (χ1v) is 38.9. The molecule has 12 amide bonds. The average molecular weight is 1580 g/mol. The number of nitrogens with zero attached hydrogens (tertiary/aromatic N) is 3. The van der Waals surface area contributed by atoms with E-state index in [1.54, 1.807) is 79.1 Å². The van der Waals surface area contributed by atoms with Gasteiger partial charge in [0.25, 0.3) is 5.97 Å². The van der Waals surface area contributed by atoms with E-state index in [2.05, 4.69) is 57.5 Å². The number of carboxylic acid groups (broad SMARTS) is 1. The van der Waals surface area contributed by atoms with Crippen molar-refractivity contribution in [1.29, 1.82) is 0 Å². The molecule has 33 nitrogen and oxygen atoms in total. The van der Waals surface area contributed by atoms with Gasteiger partial charge in [-0.2, -0.15) is 0 Å². The van der Waals surface area contributed by atoms with Gasteiger partial charge < -0.3 is 102 Å². The first-order chi connectivity index (χ1) is 54.4. The molecular weight excluding hydrogens is 1460 g/mol. The summed E-state index contributed by atoms with van der Waals surface area (Å²) >= 11 is 0. The number of H-pyrrole nitrogens is 2. The quantitative estimate of drug-likeness (QED) is 0.0146. The number of nitrogens with one attached hydrogen (secondary N) is 10. The zero-order valence-electron chi connectivity index (χ0n) is 65.5. The average Bonchev–Trinajstić information content (AvgIpc) is 1.62. The number of nitrogens with two attached hydrogens (primary N) is 6. The third-order valence-electron chi connectivity index (χ3n) is 19.8. The number of aliphatic imine (C=N–C) groups is 1. The molecule has 114 heavy (non-hydrogen) atoms. The second-order valence-corrected chi connectivity index (χ2v) is 29.9. The molecule has 2 aliphatic rings. The molecule has 2 aromatic heterocycles. The highest BCUT2D eigenvalue weighted by molar-refractivity contribution is 6.00. The van der Waals surface area contributed by atoms with Crippen molar-refractivity contribution >= 4 is 105 Å². The Balaban J connectivity index is 0.00000439. The molecule has 2 aliphatic heterocycles. The topological polar surface area (TPSA) is 545 Å². The number of hydrogen-bond acceptors (Lipinski definition) is 16. The smallest absolute Gasteiger partial charge is 0.300 e. The third kappa shape index (κ3) is 27.6. The summed E-state index contributed by atoms with van der Waals surface area (Å²) in [6, 6.07) is 18.1. The van der Waals surface area contributed by atoms with Crippen LogP contribution in [0.25, 0.3) is 21.8 Å². The lowest BCUT2D eigenvalue weighted by Gasteiger charge is -2.32. The fraction of sp³-hybridized carbons (Fsp3) is 0.481. The Morgan fingerprint density at radius 3 is 1.32 bits per heavy atom. The molecule has 8 rings (SSSR count). The molecule has 2 fully saturated rings. The van der Waals surface area contributed by atoms with Gasteiger partial charge in [-0.15, -0.1) is 0 Å². The Morgan fingerprint density at radius 2 is 0.868 bits per heavy atom. The van der Waals surface area contributed by atoms with Gasteiger partial charge in [-0.1, -0.05) is 125 Å². The number of primary amides is 2. The Hall–Kier alpha value is -11.7. The molecule has 0 saturated carbocycles. The van der Waals surface area contributed by atoms with Crippen LogP contribution in [0.1, 0.15) is 140 Å². The maximum Gasteiger partial charge on any atom is 0.300 e. The molecule has 11 atom stereocenters. The van der Waals surface area contributed by atoms with E-state index in [9.17, 15) is 38.4 Å². The molecule has 4 heterocycles. The summed E-state index contributed by atoms with van der Waals surface area (Å²) in [5.41, 5.74) is 38.4. The zero-order chi connectivity index (χ0) is 83.1. The van der Waals surface area contributed by atoms with Crippen LogP contribution in [0.5, 0.6) is 0 Å². The van der Waals surface area contributed by atoms with E-state index < -0.39 is 156 Å². The molecule has 0 aliphatic carbocycles. The molecule has 4 aromatic carbocycles. The second kappa shape index (κ2) is 44.5. The largest absolute Gasteiger partial charge is 0.481 e. The predicted octanol–water partition coefficient (Wildman–Crippen LogP) is 1.22. The van der Waals surface area contributed by atoms with Crippen LogP contribution in [0.3, 0.4) is 0 Å². The van der Waals surface area contributed by atoms with Crippen LogP contribution < -0.4 is 76.9 Å². The number of hydrogen-bond donors (Lipinski definition) is 17. The molecule has 616 valence electrons. The zero-order valence-corrected chi connectivity index (χ0v) is 65.5. The number of likely N-dealkylation sites (tertiary alicyclic amines) is 2. The highest BCUT2D eigenvalue weighted by atomic mass is 16.4. The van der Waals surface area contributed by atoms with Crippen LogP contribution in [0.15, 0.2) is 127 Å². The van der Waals surface area contributed by atoms with E-state index in [-0.39, 0.29) is 95.2 Å². The summed E-state index contributed by atoms with van der Waals surface area (Å²) in [4.78, 5) is 196. The fourth-order valence-corrected chi connectivity index (χ4v) is 14.1. The van der Waals surface area contributed by atoms with Crippen LogP contribution in [-0.4, -0.2) is 200 Å². The van der Waals surface area contributed by atoms with Gasteiger partial charge in [0.2, 0.25) is 70.9 Å². The molecule has 33 heteroatoms. The van der Waals surface area contributed by atoms with E-state index in [0.29, 0.717) is 78.2 Å². The number of amides is 12. The second-order valence-electron chi connectivity index (χ2n) is 29.9. The minimum atomic E-state index is -1.62. The van der Waals surface area contributed by atoms with Crippen LogP contribution >= 0.6 is 0 Å². The van der Waals surface area contributed by atoms with Gasteiger partial charge in [-0.05, 0) is 130 Å². The number of aliphatic carboxylic acids is 1. The predicted molar refractivity (Wildman–Crippen MR) is 430 cm³/mol. The van der Waals surface area contributed by atoms with E-state index in [4.69, 9.17) is 44.3 Å². The number of aromatic nitrogens is 2. The molecule has 0 unspecified atom stereocenters. The number of aromatic amines is 2. The molecule has 6 aromatic rings. The summed E-state index contributed by atoms with van der Waals surface area (Å²) in [7, 11) is 0. The lowest BCUT2D eigenvalue weighted by Crippen LogP contribution is -2.61. The standard InChI is InChI=1S/C79H109N19O12.C2H4O2/c1-46(2)38-59(68(83)100)91-70(102)60(39-47(3)4)92-73(105)64(43-51-45-88-56-28-14-12-25-53(51)56)95-72(104)61(40-48-20-7-5-8-21-48)93-74(106)63(42-50-44-87-55-27-13-11-24-52(50)55)94-69(101)57(32-33-67(82)99)89-71(103)62(41-49-22-9-6-10-23-49)96-76(108)66-31-19-37-98(66)78(110)58(29-15-16-34-80)90-75(107)65-30-18-36-97(65)77(109)54(81)26-17-35-86-79(84)85;1-2(3)4/h5-14,20-25,27-28,44-47,54,57-66,87-88H,15-19,26,29-43,80-81H2,1-4H3,(H2,82,99)(H2,83,100)(H,89,103)(H,90,107)(H,91,102)(H,92,105)(H,93,106)(H,94,101)(H,95,104)(H,96,108)(H4,84,85,86);1H3,(H,3,4)/t54-,57+,58+,59+,60+,61+,62-,63-,64-,65+,66+;/m1./s1. The normalized spacial score (nSPS) is 16.3. The first-order valence-electron chi connectivity index (χ1n) is 38.9. The monoisotopic (exact) mass is 1580 g/mol. The Kier molecular flexibility index (Phi) is 34.9. The third-order valence-corrected chi connectivity index (χ3v) is 19.8. The van der Waals surface area contributed by atoms with Gasteiger partial charge >= 0.3 is 0 Å². The summed E-state index contributed by atoms with van der Waals surface area (Å²) in [5, 5.41) is 31.5. The number of carbonyl (C=O) groups is 13.